The van der Waals surface area contributed by atoms with E-state index in [1.54, 1.807) is 26.3 Å². The molecule has 148 valence electrons. The number of pyridine rings is 2. The highest BCUT2D eigenvalue weighted by atomic mass is 16.5. The van der Waals surface area contributed by atoms with E-state index in [9.17, 15) is 9.59 Å². The van der Waals surface area contributed by atoms with Gasteiger partial charge < -0.3 is 14.2 Å². The third-order valence-electron chi connectivity index (χ3n) is 6.27. The molecule has 29 heavy (non-hydrogen) atoms. The number of aromatic nitrogens is 2. The van der Waals surface area contributed by atoms with Gasteiger partial charge in [0.05, 0.1) is 7.11 Å². The molecule has 2 aliphatic heterocycles. The molecule has 2 bridgehead atoms. The minimum atomic E-state index is 0.0244. The van der Waals surface area contributed by atoms with Crippen LogP contribution in [0.25, 0.3) is 22.0 Å². The van der Waals surface area contributed by atoms with E-state index in [-0.39, 0.29) is 17.4 Å². The highest BCUT2D eigenvalue weighted by Crippen LogP contribution is 2.38. The number of carbonyl (C=O) groups excluding carboxylic acids is 1. The number of hydrogen-bond acceptors (Lipinski definition) is 4. The van der Waals surface area contributed by atoms with E-state index in [4.69, 9.17) is 4.74 Å². The Morgan fingerprint density at radius 2 is 2.03 bits per heavy atom. The number of benzene rings is 1. The highest BCUT2D eigenvalue weighted by Gasteiger charge is 2.35. The number of carbonyl (C=O) groups is 1. The largest absolute Gasteiger partial charge is 0.494 e. The quantitative estimate of drug-likeness (QED) is 0.676. The van der Waals surface area contributed by atoms with Crippen molar-refractivity contribution in [3.05, 3.63) is 58.6 Å². The van der Waals surface area contributed by atoms with Crippen LogP contribution in [0, 0.1) is 5.92 Å². The lowest BCUT2D eigenvalue weighted by molar-refractivity contribution is -0.131. The fourth-order valence-corrected chi connectivity index (χ4v) is 4.93. The van der Waals surface area contributed by atoms with Gasteiger partial charge in [-0.05, 0) is 47.7 Å². The van der Waals surface area contributed by atoms with Crippen LogP contribution in [0.15, 0.2) is 47.4 Å². The summed E-state index contributed by atoms with van der Waals surface area (Å²) in [6.45, 7) is 3.73. The summed E-state index contributed by atoms with van der Waals surface area (Å²) >= 11 is 0. The number of methoxy groups -OCH3 is 1. The van der Waals surface area contributed by atoms with Crippen LogP contribution in [0.3, 0.4) is 0 Å². The van der Waals surface area contributed by atoms with Crippen molar-refractivity contribution in [2.45, 2.75) is 25.8 Å². The molecule has 1 fully saturated rings. The van der Waals surface area contributed by atoms with Gasteiger partial charge in [0.2, 0.25) is 5.91 Å². The number of piperidine rings is 1. The lowest BCUT2D eigenvalue weighted by atomic mass is 9.82. The summed E-state index contributed by atoms with van der Waals surface area (Å²) in [5.74, 6) is 1.37. The van der Waals surface area contributed by atoms with Gasteiger partial charge in [-0.3, -0.25) is 14.6 Å². The summed E-state index contributed by atoms with van der Waals surface area (Å²) in [4.78, 5) is 31.3. The summed E-state index contributed by atoms with van der Waals surface area (Å²) in [7, 11) is 1.63. The first-order valence-corrected chi connectivity index (χ1v) is 9.97. The monoisotopic (exact) mass is 389 g/mol. The van der Waals surface area contributed by atoms with E-state index in [2.05, 4.69) is 11.1 Å². The van der Waals surface area contributed by atoms with Crippen LogP contribution in [-0.4, -0.2) is 40.6 Å². The normalized spacial score (nSPS) is 20.4. The lowest BCUT2D eigenvalue weighted by Gasteiger charge is -2.42. The van der Waals surface area contributed by atoms with Crippen LogP contribution in [-0.2, 0) is 11.3 Å². The molecule has 1 amide bonds. The Kier molecular flexibility index (Phi) is 4.15. The van der Waals surface area contributed by atoms with E-state index in [1.807, 2.05) is 33.7 Å². The summed E-state index contributed by atoms with van der Waals surface area (Å²) < 4.78 is 7.36. The highest BCUT2D eigenvalue weighted by molar-refractivity contribution is 5.97. The van der Waals surface area contributed by atoms with Crippen LogP contribution in [0.2, 0.25) is 0 Å². The molecular formula is C23H23N3O3. The Labute approximate surface area is 168 Å². The zero-order chi connectivity index (χ0) is 20.1. The maximum atomic E-state index is 13.0. The molecule has 4 heterocycles. The van der Waals surface area contributed by atoms with E-state index >= 15 is 0 Å². The first-order valence-electron chi connectivity index (χ1n) is 9.97. The number of likely N-dealkylation sites (tertiary alicyclic amines) is 1. The first kappa shape index (κ1) is 17.9. The van der Waals surface area contributed by atoms with Gasteiger partial charge in [-0.2, -0.15) is 0 Å². The Morgan fingerprint density at radius 3 is 2.83 bits per heavy atom. The molecule has 0 unspecified atom stereocenters. The number of fused-ring (bicyclic) bond motifs is 5. The maximum absolute atomic E-state index is 13.0. The van der Waals surface area contributed by atoms with Gasteiger partial charge in [0.15, 0.2) is 0 Å². The molecule has 5 rings (SSSR count). The summed E-state index contributed by atoms with van der Waals surface area (Å²) in [6.07, 6.45) is 2.77. The molecule has 2 atom stereocenters. The number of hydrogen-bond donors (Lipinski definition) is 0. The summed E-state index contributed by atoms with van der Waals surface area (Å²) in [5, 5.41) is 0.957. The minimum Gasteiger partial charge on any atom is -0.494 e. The van der Waals surface area contributed by atoms with Crippen molar-refractivity contribution in [1.82, 2.24) is 14.5 Å². The van der Waals surface area contributed by atoms with E-state index in [0.29, 0.717) is 24.8 Å². The molecule has 0 N–H and O–H groups in total. The zero-order valence-corrected chi connectivity index (χ0v) is 16.6. The molecule has 6 nitrogen and oxygen atoms in total. The van der Waals surface area contributed by atoms with Crippen molar-refractivity contribution in [2.24, 2.45) is 5.92 Å². The van der Waals surface area contributed by atoms with Crippen LogP contribution >= 0.6 is 0 Å². The van der Waals surface area contributed by atoms with Gasteiger partial charge in [-0.1, -0.05) is 6.07 Å². The molecule has 2 aromatic heterocycles. The lowest BCUT2D eigenvalue weighted by Crippen LogP contribution is -2.48. The van der Waals surface area contributed by atoms with E-state index < -0.39 is 0 Å². The maximum Gasteiger partial charge on any atom is 0.251 e. The fourth-order valence-electron chi connectivity index (χ4n) is 4.93. The van der Waals surface area contributed by atoms with Crippen molar-refractivity contribution in [2.75, 3.05) is 20.2 Å². The van der Waals surface area contributed by atoms with Crippen molar-refractivity contribution in [3.63, 3.8) is 0 Å². The predicted octanol–water partition coefficient (Wildman–Crippen LogP) is 3.04. The molecule has 0 spiro atoms. The first-order chi connectivity index (χ1) is 14.0. The predicted molar refractivity (Wildman–Crippen MR) is 111 cm³/mol. The number of ether oxygens (including phenoxy) is 1. The zero-order valence-electron chi connectivity index (χ0n) is 16.6. The third-order valence-corrected chi connectivity index (χ3v) is 6.27. The Hall–Kier alpha value is -3.15. The molecule has 6 heteroatoms. The van der Waals surface area contributed by atoms with Crippen molar-refractivity contribution in [1.29, 1.82) is 0 Å². The van der Waals surface area contributed by atoms with Crippen LogP contribution in [0.4, 0.5) is 0 Å². The molecule has 0 aliphatic carbocycles. The second-order valence-corrected chi connectivity index (χ2v) is 8.06. The average Bonchev–Trinajstić information content (AvgIpc) is 2.73. The van der Waals surface area contributed by atoms with Crippen LogP contribution in [0.1, 0.15) is 25.0 Å². The SMILES string of the molecule is COc1ccc(-c2cc3n(c(=O)c2)C[C@H]2C[C@@H]3CN(C(C)=O)C2)c2cccnc12. The van der Waals surface area contributed by atoms with Crippen LogP contribution in [0.5, 0.6) is 5.75 Å². The number of rotatable bonds is 2. The molecule has 1 saturated heterocycles. The Balaban J connectivity index is 1.66. The van der Waals surface area contributed by atoms with Crippen molar-refractivity contribution in [3.8, 4) is 16.9 Å². The Bertz CT molecular complexity index is 1180. The van der Waals surface area contributed by atoms with Gasteiger partial charge in [-0.15, -0.1) is 0 Å². The molecular weight excluding hydrogens is 366 g/mol. The van der Waals surface area contributed by atoms with Gasteiger partial charge in [0.1, 0.15) is 11.3 Å². The van der Waals surface area contributed by atoms with Gasteiger partial charge in [0.25, 0.3) is 5.56 Å². The van der Waals surface area contributed by atoms with Gasteiger partial charge in [-0.25, -0.2) is 0 Å². The molecule has 0 radical (unpaired) electrons. The van der Waals surface area contributed by atoms with Gasteiger partial charge >= 0.3 is 0 Å². The van der Waals surface area contributed by atoms with Crippen molar-refractivity contribution < 1.29 is 9.53 Å². The van der Waals surface area contributed by atoms with Crippen molar-refractivity contribution >= 4 is 16.8 Å². The Morgan fingerprint density at radius 1 is 1.17 bits per heavy atom. The average molecular weight is 389 g/mol. The molecule has 3 aromatic rings. The molecule has 2 aliphatic rings. The van der Waals surface area contributed by atoms with Gasteiger partial charge in [0, 0.05) is 55.8 Å². The summed E-state index contributed by atoms with van der Waals surface area (Å²) in [5.41, 5.74) is 3.70. The second kappa shape index (κ2) is 6.72. The summed E-state index contributed by atoms with van der Waals surface area (Å²) in [6, 6.07) is 11.6. The van der Waals surface area contributed by atoms with Crippen LogP contribution < -0.4 is 10.3 Å². The smallest absolute Gasteiger partial charge is 0.251 e. The topological polar surface area (TPSA) is 64.4 Å². The standard InChI is InChI=1S/C23H23N3O3/c1-14(27)25-11-15-8-17(13-25)20-9-16(10-22(28)26(20)12-15)18-5-6-21(29-2)23-19(18)4-3-7-24-23/h3-7,9-10,15,17H,8,11-13H2,1-2H3/t15-,17+/m0/s1. The minimum absolute atomic E-state index is 0.0244. The second-order valence-electron chi connectivity index (χ2n) is 8.06. The number of amides is 1. The fraction of sp³-hybridized carbons (Fsp3) is 0.348. The van der Waals surface area contributed by atoms with E-state index in [1.165, 1.54) is 0 Å². The molecule has 0 saturated carbocycles. The van der Waals surface area contributed by atoms with E-state index in [0.717, 1.165) is 40.7 Å². The number of nitrogens with zero attached hydrogens (tertiary/aromatic N) is 3. The third kappa shape index (κ3) is 2.90. The molecule has 1 aromatic carbocycles.